The van der Waals surface area contributed by atoms with Crippen molar-refractivity contribution in [3.05, 3.63) is 33.9 Å². The van der Waals surface area contributed by atoms with Crippen LogP contribution in [0, 0.1) is 10.1 Å². The van der Waals surface area contributed by atoms with Gasteiger partial charge in [-0.3, -0.25) is 10.1 Å². The second kappa shape index (κ2) is 5.34. The number of rotatable bonds is 3. The lowest BCUT2D eigenvalue weighted by Crippen LogP contribution is -2.16. The number of non-ortho nitro benzene ring substituents is 1. The average molecular weight is 281 g/mol. The Morgan fingerprint density at radius 2 is 2.11 bits per heavy atom. The Labute approximate surface area is 105 Å². The third-order valence-electron chi connectivity index (χ3n) is 2.11. The van der Waals surface area contributed by atoms with Gasteiger partial charge in [0.05, 0.1) is 10.6 Å². The summed E-state index contributed by atoms with van der Waals surface area (Å²) in [7, 11) is 0. The molecular weight excluding hydrogens is 273 g/mol. The third-order valence-corrected chi connectivity index (χ3v) is 2.41. The minimum Gasteiger partial charge on any atom is -0.258 e. The fourth-order valence-corrected chi connectivity index (χ4v) is 1.33. The maximum Gasteiger partial charge on any atom is 0.444 e. The number of hydrogen-bond donors (Lipinski definition) is 0. The molecule has 1 aromatic rings. The number of nitrogens with zero attached hydrogens (tertiary/aromatic N) is 2. The molecule has 4 nitrogen and oxygen atoms in total. The lowest BCUT2D eigenvalue weighted by Gasteiger charge is -2.06. The molecule has 1 aromatic carbocycles. The van der Waals surface area contributed by atoms with Crippen LogP contribution in [-0.2, 0) is 6.42 Å². The normalized spacial score (nSPS) is 12.6. The van der Waals surface area contributed by atoms with E-state index >= 15 is 0 Å². The molecule has 0 radical (unpaired) electrons. The van der Waals surface area contributed by atoms with Gasteiger partial charge >= 0.3 is 6.18 Å². The minimum absolute atomic E-state index is 0.144. The van der Waals surface area contributed by atoms with E-state index in [0.29, 0.717) is 12.0 Å². The molecule has 0 saturated heterocycles. The number of alkyl halides is 3. The highest BCUT2D eigenvalue weighted by Gasteiger charge is 2.34. The molecule has 0 spiro atoms. The van der Waals surface area contributed by atoms with Gasteiger partial charge in [0.2, 0.25) is 5.17 Å². The zero-order valence-electron chi connectivity index (χ0n) is 9.16. The van der Waals surface area contributed by atoms with Gasteiger partial charge in [0.1, 0.15) is 0 Å². The third kappa shape index (κ3) is 3.43. The van der Waals surface area contributed by atoms with E-state index in [0.717, 1.165) is 6.07 Å². The summed E-state index contributed by atoms with van der Waals surface area (Å²) in [6.07, 6.45) is -4.38. The zero-order chi connectivity index (χ0) is 13.9. The smallest absolute Gasteiger partial charge is 0.258 e. The van der Waals surface area contributed by atoms with E-state index in [4.69, 9.17) is 11.6 Å². The maximum atomic E-state index is 12.2. The van der Waals surface area contributed by atoms with Crippen molar-refractivity contribution in [1.82, 2.24) is 0 Å². The number of benzene rings is 1. The first kappa shape index (κ1) is 14.4. The van der Waals surface area contributed by atoms with E-state index < -0.39 is 16.3 Å². The summed E-state index contributed by atoms with van der Waals surface area (Å²) in [5.74, 6) is 0. The van der Waals surface area contributed by atoms with Crippen molar-refractivity contribution in [2.75, 3.05) is 0 Å². The molecular formula is C10H8ClF3N2O2. The Bertz CT molecular complexity index is 500. The summed E-state index contributed by atoms with van der Waals surface area (Å²) in [6, 6.07) is 3.53. The van der Waals surface area contributed by atoms with Crippen LogP contribution in [-0.4, -0.2) is 16.3 Å². The van der Waals surface area contributed by atoms with Crippen LogP contribution in [0.5, 0.6) is 0 Å². The van der Waals surface area contributed by atoms with Gasteiger partial charge < -0.3 is 0 Å². The highest BCUT2D eigenvalue weighted by Crippen LogP contribution is 2.29. The van der Waals surface area contributed by atoms with Crippen LogP contribution in [0.2, 0.25) is 0 Å². The Kier molecular flexibility index (Phi) is 4.28. The number of nitro benzene ring substituents is 1. The van der Waals surface area contributed by atoms with Crippen molar-refractivity contribution in [3.8, 4) is 0 Å². The second-order valence-electron chi connectivity index (χ2n) is 3.32. The molecule has 0 atom stereocenters. The number of aliphatic imine (C=N–C) groups is 1. The number of halogens is 4. The van der Waals surface area contributed by atoms with Crippen LogP contribution in [0.3, 0.4) is 0 Å². The minimum atomic E-state index is -4.77. The Morgan fingerprint density at radius 3 is 2.56 bits per heavy atom. The molecule has 0 unspecified atom stereocenters. The summed E-state index contributed by atoms with van der Waals surface area (Å²) < 4.78 is 36.7. The highest BCUT2D eigenvalue weighted by molar-refractivity contribution is 6.67. The molecule has 0 N–H and O–H groups in total. The quantitative estimate of drug-likeness (QED) is 0.477. The van der Waals surface area contributed by atoms with Gasteiger partial charge in [0, 0.05) is 12.1 Å². The number of aryl methyl sites for hydroxylation is 1. The predicted octanol–water partition coefficient (Wildman–Crippen LogP) is 3.99. The Balaban J connectivity index is 3.29. The van der Waals surface area contributed by atoms with Gasteiger partial charge in [-0.15, -0.1) is 0 Å². The number of nitro groups is 1. The molecule has 0 bridgehead atoms. The van der Waals surface area contributed by atoms with E-state index in [9.17, 15) is 23.3 Å². The van der Waals surface area contributed by atoms with E-state index in [1.807, 2.05) is 0 Å². The van der Waals surface area contributed by atoms with Gasteiger partial charge in [-0.05, 0) is 12.0 Å². The lowest BCUT2D eigenvalue weighted by atomic mass is 10.1. The SMILES string of the molecule is CCc1ccc([N+](=O)[O-])cc1N=C(Cl)C(F)(F)F. The second-order valence-corrected chi connectivity index (χ2v) is 3.68. The predicted molar refractivity (Wildman–Crippen MR) is 61.5 cm³/mol. The first-order chi connectivity index (χ1) is 8.25. The van der Waals surface area contributed by atoms with Crippen LogP contribution in [0.15, 0.2) is 23.2 Å². The van der Waals surface area contributed by atoms with Crippen LogP contribution >= 0.6 is 11.6 Å². The van der Waals surface area contributed by atoms with Crippen molar-refractivity contribution < 1.29 is 18.1 Å². The molecule has 0 fully saturated rings. The van der Waals surface area contributed by atoms with Gasteiger partial charge in [0.15, 0.2) is 0 Å². The summed E-state index contributed by atoms with van der Waals surface area (Å²) in [5, 5.41) is 8.98. The van der Waals surface area contributed by atoms with Crippen molar-refractivity contribution in [2.24, 2.45) is 4.99 Å². The largest absolute Gasteiger partial charge is 0.444 e. The first-order valence-corrected chi connectivity index (χ1v) is 5.22. The van der Waals surface area contributed by atoms with Crippen molar-refractivity contribution in [2.45, 2.75) is 19.5 Å². The zero-order valence-corrected chi connectivity index (χ0v) is 9.92. The monoisotopic (exact) mass is 280 g/mol. The highest BCUT2D eigenvalue weighted by atomic mass is 35.5. The van der Waals surface area contributed by atoms with E-state index in [1.54, 1.807) is 6.92 Å². The molecule has 0 saturated carbocycles. The topological polar surface area (TPSA) is 55.5 Å². The van der Waals surface area contributed by atoms with Crippen molar-refractivity contribution in [1.29, 1.82) is 0 Å². The molecule has 98 valence electrons. The summed E-state index contributed by atoms with van der Waals surface area (Å²) in [5.41, 5.74) is -0.0328. The van der Waals surface area contributed by atoms with Crippen molar-refractivity contribution in [3.63, 3.8) is 0 Å². The molecule has 0 aromatic heterocycles. The average Bonchev–Trinajstić information content (AvgIpc) is 2.27. The Hall–Kier alpha value is -1.63. The van der Waals surface area contributed by atoms with E-state index in [2.05, 4.69) is 4.99 Å². The Morgan fingerprint density at radius 1 is 1.50 bits per heavy atom. The summed E-state index contributed by atoms with van der Waals surface area (Å²) in [4.78, 5) is 13.0. The van der Waals surface area contributed by atoms with Gasteiger partial charge in [-0.1, -0.05) is 24.6 Å². The van der Waals surface area contributed by atoms with Gasteiger partial charge in [0.25, 0.3) is 5.69 Å². The molecule has 1 rings (SSSR count). The molecule has 0 aliphatic heterocycles. The molecule has 0 aliphatic rings. The molecule has 0 heterocycles. The van der Waals surface area contributed by atoms with Crippen LogP contribution in [0.4, 0.5) is 24.5 Å². The standard InChI is InChI=1S/C10H8ClF3N2O2/c1-2-6-3-4-7(16(17)18)5-8(6)15-9(11)10(12,13)14/h3-5H,2H2,1H3. The van der Waals surface area contributed by atoms with E-state index in [-0.39, 0.29) is 11.4 Å². The molecule has 8 heteroatoms. The van der Waals surface area contributed by atoms with Crippen LogP contribution in [0.25, 0.3) is 0 Å². The molecule has 18 heavy (non-hydrogen) atoms. The van der Waals surface area contributed by atoms with Gasteiger partial charge in [-0.25, -0.2) is 4.99 Å². The first-order valence-electron chi connectivity index (χ1n) is 4.84. The lowest BCUT2D eigenvalue weighted by molar-refractivity contribution is -0.384. The van der Waals surface area contributed by atoms with Gasteiger partial charge in [-0.2, -0.15) is 13.2 Å². The van der Waals surface area contributed by atoms with E-state index in [1.165, 1.54) is 12.1 Å². The van der Waals surface area contributed by atoms with Crippen molar-refractivity contribution >= 4 is 28.1 Å². The molecule has 0 aliphatic carbocycles. The fourth-order valence-electron chi connectivity index (χ4n) is 1.24. The van der Waals surface area contributed by atoms with Crippen LogP contribution in [0.1, 0.15) is 12.5 Å². The molecule has 0 amide bonds. The maximum absolute atomic E-state index is 12.2. The summed E-state index contributed by atoms with van der Waals surface area (Å²) >= 11 is 5.01. The fraction of sp³-hybridized carbons (Fsp3) is 0.300. The van der Waals surface area contributed by atoms with Crippen LogP contribution < -0.4 is 0 Å². The summed E-state index contributed by atoms with van der Waals surface area (Å²) in [6.45, 7) is 1.70. The number of hydrogen-bond acceptors (Lipinski definition) is 3.